The number of hydrogen-bond acceptors (Lipinski definition) is 3. The predicted molar refractivity (Wildman–Crippen MR) is 71.5 cm³/mol. The molecule has 5 heteroatoms. The van der Waals surface area contributed by atoms with Crippen LogP contribution in [0.2, 0.25) is 0 Å². The van der Waals surface area contributed by atoms with E-state index in [2.05, 4.69) is 15.9 Å². The Morgan fingerprint density at radius 1 is 1.50 bits per heavy atom. The van der Waals surface area contributed by atoms with Crippen molar-refractivity contribution in [3.05, 3.63) is 28.2 Å². The van der Waals surface area contributed by atoms with E-state index in [0.29, 0.717) is 25.1 Å². The van der Waals surface area contributed by atoms with E-state index < -0.39 is 0 Å². The largest absolute Gasteiger partial charge is 0.507 e. The van der Waals surface area contributed by atoms with Crippen LogP contribution >= 0.6 is 15.9 Å². The second kappa shape index (κ2) is 5.28. The number of aliphatic hydroxyl groups excluding tert-OH is 1. The maximum absolute atomic E-state index is 12.3. The van der Waals surface area contributed by atoms with E-state index in [9.17, 15) is 15.0 Å². The van der Waals surface area contributed by atoms with Gasteiger partial charge in [-0.2, -0.15) is 0 Å². The topological polar surface area (TPSA) is 60.8 Å². The Hall–Kier alpha value is -1.07. The van der Waals surface area contributed by atoms with Crippen molar-refractivity contribution in [3.8, 4) is 5.75 Å². The molecule has 18 heavy (non-hydrogen) atoms. The van der Waals surface area contributed by atoms with E-state index in [1.807, 2.05) is 6.92 Å². The fourth-order valence-corrected chi connectivity index (χ4v) is 2.52. The van der Waals surface area contributed by atoms with Gasteiger partial charge in [-0.25, -0.2) is 0 Å². The summed E-state index contributed by atoms with van der Waals surface area (Å²) < 4.78 is 0.735. The summed E-state index contributed by atoms with van der Waals surface area (Å²) in [5.74, 6) is -0.132. The van der Waals surface area contributed by atoms with Crippen LogP contribution in [0, 0.1) is 5.92 Å². The summed E-state index contributed by atoms with van der Waals surface area (Å²) >= 11 is 3.24. The Labute approximate surface area is 114 Å². The quantitative estimate of drug-likeness (QED) is 0.833. The van der Waals surface area contributed by atoms with Gasteiger partial charge < -0.3 is 15.1 Å². The van der Waals surface area contributed by atoms with Crippen LogP contribution in [0.15, 0.2) is 22.7 Å². The van der Waals surface area contributed by atoms with Crippen LogP contribution in [0.3, 0.4) is 0 Å². The van der Waals surface area contributed by atoms with Gasteiger partial charge in [0.05, 0.1) is 11.7 Å². The molecule has 1 saturated heterocycles. The number of aliphatic hydroxyl groups is 1. The lowest BCUT2D eigenvalue weighted by molar-refractivity contribution is 0.0296. The number of aromatic hydroxyl groups is 1. The standard InChI is InChI=1S/C13H16BrNO3/c1-8-7-15(5-4-11(8)16)13(18)10-3-2-9(14)6-12(10)17/h2-3,6,8,11,16-17H,4-5,7H2,1H3. The van der Waals surface area contributed by atoms with E-state index in [1.165, 1.54) is 6.07 Å². The molecule has 0 aliphatic carbocycles. The minimum Gasteiger partial charge on any atom is -0.507 e. The number of nitrogens with zero attached hydrogens (tertiary/aromatic N) is 1. The van der Waals surface area contributed by atoms with Crippen LogP contribution < -0.4 is 0 Å². The van der Waals surface area contributed by atoms with Gasteiger partial charge in [-0.3, -0.25) is 4.79 Å². The molecule has 1 aliphatic rings. The van der Waals surface area contributed by atoms with E-state index in [1.54, 1.807) is 17.0 Å². The second-order valence-electron chi connectivity index (χ2n) is 4.75. The Morgan fingerprint density at radius 2 is 2.22 bits per heavy atom. The van der Waals surface area contributed by atoms with Crippen LogP contribution in [0.5, 0.6) is 5.75 Å². The van der Waals surface area contributed by atoms with Crippen LogP contribution in [-0.4, -0.2) is 40.2 Å². The van der Waals surface area contributed by atoms with Crippen LogP contribution in [0.25, 0.3) is 0 Å². The molecular formula is C13H16BrNO3. The Balaban J connectivity index is 2.16. The molecule has 2 atom stereocenters. The molecule has 1 fully saturated rings. The highest BCUT2D eigenvalue weighted by Crippen LogP contribution is 2.25. The number of hydrogen-bond donors (Lipinski definition) is 2. The molecule has 0 bridgehead atoms. The molecule has 0 radical (unpaired) electrons. The highest BCUT2D eigenvalue weighted by atomic mass is 79.9. The summed E-state index contributed by atoms with van der Waals surface area (Å²) in [4.78, 5) is 13.9. The molecule has 0 aromatic heterocycles. The number of phenols is 1. The second-order valence-corrected chi connectivity index (χ2v) is 5.66. The van der Waals surface area contributed by atoms with E-state index in [4.69, 9.17) is 0 Å². The van der Waals surface area contributed by atoms with Crippen LogP contribution in [0.4, 0.5) is 0 Å². The minimum absolute atomic E-state index is 0.0202. The summed E-state index contributed by atoms with van der Waals surface area (Å²) in [6.45, 7) is 2.97. The number of carbonyl (C=O) groups is 1. The summed E-state index contributed by atoms with van der Waals surface area (Å²) in [5.41, 5.74) is 0.307. The maximum Gasteiger partial charge on any atom is 0.257 e. The summed E-state index contributed by atoms with van der Waals surface area (Å²) in [6, 6.07) is 4.85. The van der Waals surface area contributed by atoms with Crippen molar-refractivity contribution in [2.75, 3.05) is 13.1 Å². The molecule has 98 valence electrons. The average Bonchev–Trinajstić information content (AvgIpc) is 2.32. The van der Waals surface area contributed by atoms with E-state index in [0.717, 1.165) is 4.47 Å². The number of amides is 1. The van der Waals surface area contributed by atoms with Gasteiger partial charge in [-0.15, -0.1) is 0 Å². The first kappa shape index (κ1) is 13.4. The van der Waals surface area contributed by atoms with Crippen molar-refractivity contribution in [3.63, 3.8) is 0 Å². The summed E-state index contributed by atoms with van der Waals surface area (Å²) in [6.07, 6.45) is 0.247. The zero-order valence-electron chi connectivity index (χ0n) is 10.1. The van der Waals surface area contributed by atoms with Gasteiger partial charge in [-0.1, -0.05) is 22.9 Å². The van der Waals surface area contributed by atoms with Crippen molar-refractivity contribution in [1.82, 2.24) is 4.90 Å². The Morgan fingerprint density at radius 3 is 2.83 bits per heavy atom. The number of benzene rings is 1. The first-order valence-corrected chi connectivity index (χ1v) is 6.74. The molecule has 0 spiro atoms. The molecule has 1 heterocycles. The highest BCUT2D eigenvalue weighted by molar-refractivity contribution is 9.10. The van der Waals surface area contributed by atoms with Gasteiger partial charge in [0.2, 0.25) is 0 Å². The lowest BCUT2D eigenvalue weighted by atomic mass is 9.96. The third-order valence-corrected chi connectivity index (χ3v) is 3.83. The number of halogens is 1. The van der Waals surface area contributed by atoms with E-state index in [-0.39, 0.29) is 23.7 Å². The summed E-state index contributed by atoms with van der Waals surface area (Å²) in [7, 11) is 0. The molecule has 2 rings (SSSR count). The Kier molecular flexibility index (Phi) is 3.92. The first-order chi connectivity index (χ1) is 8.49. The molecule has 1 aromatic carbocycles. The fourth-order valence-electron chi connectivity index (χ4n) is 2.17. The SMILES string of the molecule is CC1CN(C(=O)c2ccc(Br)cc2O)CCC1O. The fraction of sp³-hybridized carbons (Fsp3) is 0.462. The predicted octanol–water partition coefficient (Wildman–Crippen LogP) is 2.00. The number of rotatable bonds is 1. The molecule has 4 nitrogen and oxygen atoms in total. The third-order valence-electron chi connectivity index (χ3n) is 3.34. The van der Waals surface area contributed by atoms with Crippen molar-refractivity contribution < 1.29 is 15.0 Å². The van der Waals surface area contributed by atoms with Crippen molar-refractivity contribution in [2.45, 2.75) is 19.4 Å². The highest BCUT2D eigenvalue weighted by Gasteiger charge is 2.28. The van der Waals surface area contributed by atoms with Gasteiger partial charge in [0.25, 0.3) is 5.91 Å². The van der Waals surface area contributed by atoms with Gasteiger partial charge in [0.1, 0.15) is 5.75 Å². The first-order valence-electron chi connectivity index (χ1n) is 5.95. The molecule has 2 unspecified atom stereocenters. The van der Waals surface area contributed by atoms with Crippen molar-refractivity contribution in [1.29, 1.82) is 0 Å². The molecule has 2 N–H and O–H groups in total. The van der Waals surface area contributed by atoms with Gasteiger partial charge in [0.15, 0.2) is 0 Å². The normalized spacial score (nSPS) is 24.1. The van der Waals surface area contributed by atoms with E-state index >= 15 is 0 Å². The molecule has 1 aliphatic heterocycles. The lowest BCUT2D eigenvalue weighted by Gasteiger charge is -2.34. The minimum atomic E-state index is -0.340. The van der Waals surface area contributed by atoms with Gasteiger partial charge >= 0.3 is 0 Å². The zero-order valence-corrected chi connectivity index (χ0v) is 11.7. The number of carbonyl (C=O) groups excluding carboxylic acids is 1. The molecular weight excluding hydrogens is 298 g/mol. The maximum atomic E-state index is 12.3. The number of piperidine rings is 1. The summed E-state index contributed by atoms with van der Waals surface area (Å²) in [5, 5.41) is 19.4. The third kappa shape index (κ3) is 2.67. The monoisotopic (exact) mass is 313 g/mol. The van der Waals surface area contributed by atoms with Crippen LogP contribution in [-0.2, 0) is 0 Å². The Bertz CT molecular complexity index is 464. The molecule has 1 amide bonds. The number of phenolic OH excluding ortho intramolecular Hbond substituents is 1. The molecule has 0 saturated carbocycles. The smallest absolute Gasteiger partial charge is 0.257 e. The lowest BCUT2D eigenvalue weighted by Crippen LogP contribution is -2.44. The zero-order chi connectivity index (χ0) is 13.3. The van der Waals surface area contributed by atoms with Crippen LogP contribution in [0.1, 0.15) is 23.7 Å². The number of likely N-dealkylation sites (tertiary alicyclic amines) is 1. The van der Waals surface area contributed by atoms with Gasteiger partial charge in [-0.05, 0) is 30.5 Å². The van der Waals surface area contributed by atoms with Gasteiger partial charge in [0, 0.05) is 17.6 Å². The molecule has 1 aromatic rings. The average molecular weight is 314 g/mol. The van der Waals surface area contributed by atoms with Crippen molar-refractivity contribution >= 4 is 21.8 Å². The van der Waals surface area contributed by atoms with Crippen molar-refractivity contribution in [2.24, 2.45) is 5.92 Å².